The minimum absolute atomic E-state index is 0.287. The van der Waals surface area contributed by atoms with Crippen LogP contribution in [-0.4, -0.2) is 20.0 Å². The first-order valence-electron chi connectivity index (χ1n) is 4.72. The maximum absolute atomic E-state index is 5.97. The predicted molar refractivity (Wildman–Crippen MR) is 63.4 cm³/mol. The van der Waals surface area contributed by atoms with Gasteiger partial charge < -0.3 is 0 Å². The van der Waals surface area contributed by atoms with Gasteiger partial charge in [0, 0.05) is 11.8 Å². The SMILES string of the molecule is Cc1nn(-c2cc(Cl)nnc2Cl)c(C)c1C. The minimum atomic E-state index is 0.287. The quantitative estimate of drug-likeness (QED) is 0.788. The zero-order valence-corrected chi connectivity index (χ0v) is 10.6. The van der Waals surface area contributed by atoms with Crippen molar-refractivity contribution in [1.29, 1.82) is 0 Å². The van der Waals surface area contributed by atoms with Crippen molar-refractivity contribution in [2.24, 2.45) is 0 Å². The van der Waals surface area contributed by atoms with Gasteiger partial charge in [0.25, 0.3) is 0 Å². The van der Waals surface area contributed by atoms with Crippen LogP contribution in [0.2, 0.25) is 10.3 Å². The second kappa shape index (κ2) is 4.03. The van der Waals surface area contributed by atoms with E-state index in [0.29, 0.717) is 10.8 Å². The Morgan fingerprint density at radius 2 is 1.81 bits per heavy atom. The number of rotatable bonds is 1. The van der Waals surface area contributed by atoms with Crippen LogP contribution >= 0.6 is 23.2 Å². The molecule has 0 radical (unpaired) electrons. The van der Waals surface area contributed by atoms with Crippen LogP contribution < -0.4 is 0 Å². The van der Waals surface area contributed by atoms with Crippen molar-refractivity contribution in [3.8, 4) is 5.69 Å². The first-order chi connectivity index (χ1) is 7.50. The monoisotopic (exact) mass is 256 g/mol. The highest BCUT2D eigenvalue weighted by Crippen LogP contribution is 2.23. The van der Waals surface area contributed by atoms with Crippen LogP contribution in [0.5, 0.6) is 0 Å². The first-order valence-corrected chi connectivity index (χ1v) is 5.48. The molecule has 6 heteroatoms. The van der Waals surface area contributed by atoms with Gasteiger partial charge in [0.2, 0.25) is 0 Å². The van der Waals surface area contributed by atoms with E-state index >= 15 is 0 Å². The van der Waals surface area contributed by atoms with E-state index in [2.05, 4.69) is 15.3 Å². The molecule has 0 aliphatic rings. The third-order valence-corrected chi connectivity index (χ3v) is 3.04. The summed E-state index contributed by atoms with van der Waals surface area (Å²) in [5.74, 6) is 0. The number of hydrogen-bond acceptors (Lipinski definition) is 3. The summed E-state index contributed by atoms with van der Waals surface area (Å²) in [4.78, 5) is 0. The number of aryl methyl sites for hydroxylation is 1. The number of nitrogens with zero attached hydrogens (tertiary/aromatic N) is 4. The summed E-state index contributed by atoms with van der Waals surface area (Å²) in [5, 5.41) is 12.4. The lowest BCUT2D eigenvalue weighted by Gasteiger charge is -2.05. The highest BCUT2D eigenvalue weighted by Gasteiger charge is 2.13. The van der Waals surface area contributed by atoms with Gasteiger partial charge in [-0.3, -0.25) is 0 Å². The number of halogens is 2. The minimum Gasteiger partial charge on any atom is -0.234 e. The summed E-state index contributed by atoms with van der Waals surface area (Å²) in [6.45, 7) is 5.93. The molecule has 0 saturated heterocycles. The van der Waals surface area contributed by atoms with E-state index in [1.807, 2.05) is 20.8 Å². The lowest BCUT2D eigenvalue weighted by molar-refractivity contribution is 0.819. The summed E-state index contributed by atoms with van der Waals surface area (Å²) in [5.41, 5.74) is 3.75. The summed E-state index contributed by atoms with van der Waals surface area (Å²) < 4.78 is 1.73. The Morgan fingerprint density at radius 3 is 2.38 bits per heavy atom. The van der Waals surface area contributed by atoms with E-state index in [1.54, 1.807) is 10.7 Å². The van der Waals surface area contributed by atoms with Gasteiger partial charge in [-0.2, -0.15) is 5.10 Å². The molecule has 2 aromatic rings. The maximum Gasteiger partial charge on any atom is 0.177 e. The molecule has 0 aliphatic heterocycles. The largest absolute Gasteiger partial charge is 0.234 e. The highest BCUT2D eigenvalue weighted by molar-refractivity contribution is 6.32. The molecular weight excluding hydrogens is 247 g/mol. The molecule has 2 rings (SSSR count). The number of aromatic nitrogens is 4. The van der Waals surface area contributed by atoms with Crippen molar-refractivity contribution in [3.63, 3.8) is 0 Å². The highest BCUT2D eigenvalue weighted by atomic mass is 35.5. The third kappa shape index (κ3) is 1.79. The fourth-order valence-electron chi connectivity index (χ4n) is 1.45. The second-order valence-corrected chi connectivity index (χ2v) is 4.30. The van der Waals surface area contributed by atoms with E-state index in [9.17, 15) is 0 Å². The van der Waals surface area contributed by atoms with E-state index in [-0.39, 0.29) is 5.15 Å². The van der Waals surface area contributed by atoms with Gasteiger partial charge in [0.05, 0.1) is 5.69 Å². The Balaban J connectivity index is 2.67. The summed E-state index contributed by atoms with van der Waals surface area (Å²) in [6, 6.07) is 1.65. The van der Waals surface area contributed by atoms with Gasteiger partial charge in [0.1, 0.15) is 5.69 Å². The Labute approximate surface area is 103 Å². The molecular formula is C10H10Cl2N4. The molecule has 0 fully saturated rings. The first kappa shape index (κ1) is 11.4. The Hall–Kier alpha value is -1.13. The molecule has 0 saturated carbocycles. The standard InChI is InChI=1S/C10H10Cl2N4/c1-5-6(2)15-16(7(5)3)8-4-9(11)13-14-10(8)12/h4H,1-3H3. The van der Waals surface area contributed by atoms with Crippen LogP contribution in [0.15, 0.2) is 6.07 Å². The fourth-order valence-corrected chi connectivity index (χ4v) is 1.76. The van der Waals surface area contributed by atoms with Gasteiger partial charge >= 0.3 is 0 Å². The van der Waals surface area contributed by atoms with Crippen molar-refractivity contribution in [2.45, 2.75) is 20.8 Å². The van der Waals surface area contributed by atoms with Crippen molar-refractivity contribution in [2.75, 3.05) is 0 Å². The predicted octanol–water partition coefficient (Wildman–Crippen LogP) is 2.89. The van der Waals surface area contributed by atoms with Crippen LogP contribution in [-0.2, 0) is 0 Å². The molecule has 0 amide bonds. The van der Waals surface area contributed by atoms with Crippen molar-refractivity contribution in [3.05, 3.63) is 33.3 Å². The Kier molecular flexibility index (Phi) is 2.86. The molecule has 4 nitrogen and oxygen atoms in total. The van der Waals surface area contributed by atoms with Gasteiger partial charge in [-0.15, -0.1) is 10.2 Å². The number of hydrogen-bond donors (Lipinski definition) is 0. The molecule has 0 N–H and O–H groups in total. The van der Waals surface area contributed by atoms with Gasteiger partial charge in [-0.25, -0.2) is 4.68 Å². The van der Waals surface area contributed by atoms with Crippen LogP contribution in [0.3, 0.4) is 0 Å². The normalized spacial score (nSPS) is 10.8. The average Bonchev–Trinajstić information content (AvgIpc) is 2.50. The molecule has 2 aromatic heterocycles. The molecule has 84 valence electrons. The zero-order chi connectivity index (χ0) is 11.9. The Morgan fingerprint density at radius 1 is 1.12 bits per heavy atom. The van der Waals surface area contributed by atoms with Gasteiger partial charge in [-0.05, 0) is 26.3 Å². The van der Waals surface area contributed by atoms with Gasteiger partial charge in [-0.1, -0.05) is 23.2 Å². The van der Waals surface area contributed by atoms with E-state index < -0.39 is 0 Å². The van der Waals surface area contributed by atoms with Crippen LogP contribution in [0.1, 0.15) is 17.0 Å². The third-order valence-electron chi connectivity index (χ3n) is 2.58. The van der Waals surface area contributed by atoms with E-state index in [0.717, 1.165) is 17.0 Å². The fraction of sp³-hybridized carbons (Fsp3) is 0.300. The molecule has 2 heterocycles. The molecule has 0 unspecified atom stereocenters. The smallest absolute Gasteiger partial charge is 0.177 e. The molecule has 0 spiro atoms. The van der Waals surface area contributed by atoms with E-state index in [1.165, 1.54) is 0 Å². The molecule has 16 heavy (non-hydrogen) atoms. The lowest BCUT2D eigenvalue weighted by Crippen LogP contribution is -2.02. The summed E-state index contributed by atoms with van der Waals surface area (Å²) in [7, 11) is 0. The lowest BCUT2D eigenvalue weighted by atomic mass is 10.2. The van der Waals surface area contributed by atoms with E-state index in [4.69, 9.17) is 23.2 Å². The Bertz CT molecular complexity index is 548. The maximum atomic E-state index is 5.97. The molecule has 0 aliphatic carbocycles. The topological polar surface area (TPSA) is 43.6 Å². The van der Waals surface area contributed by atoms with Crippen LogP contribution in [0, 0.1) is 20.8 Å². The molecule has 0 bridgehead atoms. The van der Waals surface area contributed by atoms with Crippen molar-refractivity contribution in [1.82, 2.24) is 20.0 Å². The zero-order valence-electron chi connectivity index (χ0n) is 9.12. The van der Waals surface area contributed by atoms with Gasteiger partial charge in [0.15, 0.2) is 10.3 Å². The van der Waals surface area contributed by atoms with Crippen molar-refractivity contribution < 1.29 is 0 Å². The van der Waals surface area contributed by atoms with Crippen LogP contribution in [0.25, 0.3) is 5.69 Å². The summed E-state index contributed by atoms with van der Waals surface area (Å²) >= 11 is 11.8. The molecule has 0 atom stereocenters. The van der Waals surface area contributed by atoms with Crippen LogP contribution in [0.4, 0.5) is 0 Å². The summed E-state index contributed by atoms with van der Waals surface area (Å²) in [6.07, 6.45) is 0. The average molecular weight is 257 g/mol. The van der Waals surface area contributed by atoms with Crippen molar-refractivity contribution >= 4 is 23.2 Å². The second-order valence-electron chi connectivity index (χ2n) is 3.55. The molecule has 0 aromatic carbocycles.